The normalized spacial score (nSPS) is 15.6. The van der Waals surface area contributed by atoms with E-state index in [-0.39, 0.29) is 24.6 Å². The number of hydrogen-bond donors (Lipinski definition) is 2. The van der Waals surface area contributed by atoms with Gasteiger partial charge in [0.25, 0.3) is 0 Å². The number of hydrogen-bond acceptors (Lipinski definition) is 3. The average molecular weight is 297 g/mol. The smallest absolute Gasteiger partial charge is 0.240 e. The molecule has 1 aliphatic carbocycles. The Kier molecular flexibility index (Phi) is 4.52. The van der Waals surface area contributed by atoms with Crippen LogP contribution in [0.4, 0.5) is 8.78 Å². The monoisotopic (exact) mass is 297 g/mol. The molecule has 0 aliphatic heterocycles. The van der Waals surface area contributed by atoms with Gasteiger partial charge in [-0.1, -0.05) is 6.07 Å². The van der Waals surface area contributed by atoms with Gasteiger partial charge in [-0.05, 0) is 18.9 Å². The Balaban J connectivity index is 2.12. The standard InChI is InChI=1S/C14H17F2N3O2/c15-9-2-1-8(11(16)5-9)7-19(10-3-4-10)14(21)12(17)6-13(18)20/h1-2,5,10,12H,3-4,6-7,17H2,(H2,18,20). The summed E-state index contributed by atoms with van der Waals surface area (Å²) in [5, 5.41) is 0. The molecule has 0 saturated heterocycles. The third-order valence-corrected chi connectivity index (χ3v) is 3.36. The molecule has 0 aromatic heterocycles. The molecule has 114 valence electrons. The molecule has 1 saturated carbocycles. The summed E-state index contributed by atoms with van der Waals surface area (Å²) in [5.41, 5.74) is 10.9. The van der Waals surface area contributed by atoms with E-state index < -0.39 is 29.5 Å². The van der Waals surface area contributed by atoms with Crippen LogP contribution >= 0.6 is 0 Å². The van der Waals surface area contributed by atoms with E-state index in [2.05, 4.69) is 0 Å². The van der Waals surface area contributed by atoms with Gasteiger partial charge in [0.15, 0.2) is 0 Å². The number of nitrogens with zero attached hydrogens (tertiary/aromatic N) is 1. The molecule has 1 atom stereocenters. The van der Waals surface area contributed by atoms with Gasteiger partial charge in [0.2, 0.25) is 11.8 Å². The summed E-state index contributed by atoms with van der Waals surface area (Å²) >= 11 is 0. The fourth-order valence-corrected chi connectivity index (χ4v) is 2.12. The van der Waals surface area contributed by atoms with Gasteiger partial charge in [0.05, 0.1) is 12.5 Å². The van der Waals surface area contributed by atoms with Crippen LogP contribution in [0.5, 0.6) is 0 Å². The molecule has 1 aliphatic rings. The van der Waals surface area contributed by atoms with Gasteiger partial charge in [-0.3, -0.25) is 9.59 Å². The summed E-state index contributed by atoms with van der Waals surface area (Å²) in [6.45, 7) is 0.00206. The molecular weight excluding hydrogens is 280 g/mol. The Morgan fingerprint density at radius 1 is 1.33 bits per heavy atom. The number of nitrogens with two attached hydrogens (primary N) is 2. The quantitative estimate of drug-likeness (QED) is 0.808. The Labute approximate surface area is 120 Å². The molecular formula is C14H17F2N3O2. The number of carbonyl (C=O) groups is 2. The largest absolute Gasteiger partial charge is 0.370 e. The maximum absolute atomic E-state index is 13.7. The molecule has 1 aromatic rings. The third kappa shape index (κ3) is 3.98. The van der Waals surface area contributed by atoms with Crippen molar-refractivity contribution >= 4 is 11.8 Å². The Morgan fingerprint density at radius 2 is 2.00 bits per heavy atom. The SMILES string of the molecule is NC(=O)CC(N)C(=O)N(Cc1ccc(F)cc1F)C1CC1. The van der Waals surface area contributed by atoms with Crippen molar-refractivity contribution in [3.63, 3.8) is 0 Å². The van der Waals surface area contributed by atoms with Crippen LogP contribution in [0.25, 0.3) is 0 Å². The van der Waals surface area contributed by atoms with Crippen molar-refractivity contribution in [2.75, 3.05) is 0 Å². The predicted octanol–water partition coefficient (Wildman–Crippen LogP) is 0.658. The Bertz CT molecular complexity index is 561. The fraction of sp³-hybridized carbons (Fsp3) is 0.429. The molecule has 0 bridgehead atoms. The molecule has 1 unspecified atom stereocenters. The highest BCUT2D eigenvalue weighted by Crippen LogP contribution is 2.29. The Morgan fingerprint density at radius 3 is 2.52 bits per heavy atom. The lowest BCUT2D eigenvalue weighted by atomic mass is 10.1. The second-order valence-electron chi connectivity index (χ2n) is 5.21. The second-order valence-corrected chi connectivity index (χ2v) is 5.21. The highest BCUT2D eigenvalue weighted by molar-refractivity contribution is 5.87. The number of rotatable bonds is 6. The number of halogens is 2. The van der Waals surface area contributed by atoms with E-state index in [4.69, 9.17) is 11.5 Å². The van der Waals surface area contributed by atoms with Gasteiger partial charge >= 0.3 is 0 Å². The number of amides is 2. The van der Waals surface area contributed by atoms with Gasteiger partial charge in [-0.15, -0.1) is 0 Å². The van der Waals surface area contributed by atoms with E-state index >= 15 is 0 Å². The first kappa shape index (κ1) is 15.4. The minimum Gasteiger partial charge on any atom is -0.370 e. The first-order chi connectivity index (χ1) is 9.88. The maximum Gasteiger partial charge on any atom is 0.240 e. The first-order valence-corrected chi connectivity index (χ1v) is 6.66. The zero-order valence-electron chi connectivity index (χ0n) is 11.4. The predicted molar refractivity (Wildman–Crippen MR) is 71.7 cm³/mol. The summed E-state index contributed by atoms with van der Waals surface area (Å²) < 4.78 is 26.6. The zero-order valence-corrected chi connectivity index (χ0v) is 11.4. The fourth-order valence-electron chi connectivity index (χ4n) is 2.12. The molecule has 2 amide bonds. The van der Waals surface area contributed by atoms with Crippen LogP contribution in [0.3, 0.4) is 0 Å². The number of benzene rings is 1. The van der Waals surface area contributed by atoms with Crippen LogP contribution < -0.4 is 11.5 Å². The van der Waals surface area contributed by atoms with Crippen molar-refractivity contribution in [2.45, 2.75) is 37.9 Å². The zero-order chi connectivity index (χ0) is 15.6. The summed E-state index contributed by atoms with van der Waals surface area (Å²) in [6.07, 6.45) is 1.35. The van der Waals surface area contributed by atoms with Gasteiger partial charge in [-0.2, -0.15) is 0 Å². The van der Waals surface area contributed by atoms with E-state index in [1.165, 1.54) is 11.0 Å². The van der Waals surface area contributed by atoms with Crippen LogP contribution in [0.15, 0.2) is 18.2 Å². The molecule has 0 heterocycles. The van der Waals surface area contributed by atoms with Crippen molar-refractivity contribution in [1.29, 1.82) is 0 Å². The molecule has 2 rings (SSSR count). The van der Waals surface area contributed by atoms with Crippen LogP contribution in [0.2, 0.25) is 0 Å². The molecule has 0 spiro atoms. The first-order valence-electron chi connectivity index (χ1n) is 6.66. The van der Waals surface area contributed by atoms with E-state index in [0.29, 0.717) is 0 Å². The average Bonchev–Trinajstić information content (AvgIpc) is 3.20. The lowest BCUT2D eigenvalue weighted by Crippen LogP contribution is -2.46. The molecule has 0 radical (unpaired) electrons. The molecule has 7 heteroatoms. The highest BCUT2D eigenvalue weighted by Gasteiger charge is 2.35. The van der Waals surface area contributed by atoms with Crippen molar-refractivity contribution in [3.8, 4) is 0 Å². The van der Waals surface area contributed by atoms with Crippen LogP contribution in [-0.2, 0) is 16.1 Å². The molecule has 1 aromatic carbocycles. The highest BCUT2D eigenvalue weighted by atomic mass is 19.1. The van der Waals surface area contributed by atoms with Gasteiger partial charge in [0, 0.05) is 24.2 Å². The second kappa shape index (κ2) is 6.17. The van der Waals surface area contributed by atoms with Crippen molar-refractivity contribution in [3.05, 3.63) is 35.4 Å². The molecule has 21 heavy (non-hydrogen) atoms. The topological polar surface area (TPSA) is 89.4 Å². The summed E-state index contributed by atoms with van der Waals surface area (Å²) in [4.78, 5) is 24.5. The molecule has 5 nitrogen and oxygen atoms in total. The third-order valence-electron chi connectivity index (χ3n) is 3.36. The van der Waals surface area contributed by atoms with Gasteiger partial charge in [0.1, 0.15) is 11.6 Å². The van der Waals surface area contributed by atoms with Crippen molar-refractivity contribution in [2.24, 2.45) is 11.5 Å². The van der Waals surface area contributed by atoms with Crippen LogP contribution in [0, 0.1) is 11.6 Å². The van der Waals surface area contributed by atoms with Crippen molar-refractivity contribution in [1.82, 2.24) is 4.90 Å². The Hall–Kier alpha value is -2.02. The summed E-state index contributed by atoms with van der Waals surface area (Å²) in [7, 11) is 0. The molecule has 1 fully saturated rings. The van der Waals surface area contributed by atoms with Gasteiger partial charge in [-0.25, -0.2) is 8.78 Å². The van der Waals surface area contributed by atoms with Gasteiger partial charge < -0.3 is 16.4 Å². The van der Waals surface area contributed by atoms with E-state index in [0.717, 1.165) is 25.0 Å². The summed E-state index contributed by atoms with van der Waals surface area (Å²) in [6, 6.07) is 2.16. The van der Waals surface area contributed by atoms with Crippen LogP contribution in [0.1, 0.15) is 24.8 Å². The van der Waals surface area contributed by atoms with Crippen molar-refractivity contribution < 1.29 is 18.4 Å². The minimum absolute atomic E-state index is 0.00206. The number of carbonyl (C=O) groups excluding carboxylic acids is 2. The minimum atomic E-state index is -1.04. The lowest BCUT2D eigenvalue weighted by Gasteiger charge is -2.25. The van der Waals surface area contributed by atoms with E-state index in [1.807, 2.05) is 0 Å². The van der Waals surface area contributed by atoms with Crippen LogP contribution in [-0.4, -0.2) is 28.8 Å². The number of primary amides is 1. The summed E-state index contributed by atoms with van der Waals surface area (Å²) in [5.74, 6) is -2.50. The lowest BCUT2D eigenvalue weighted by molar-refractivity contribution is -0.135. The molecule has 4 N–H and O–H groups in total. The van der Waals surface area contributed by atoms with E-state index in [9.17, 15) is 18.4 Å². The van der Waals surface area contributed by atoms with E-state index in [1.54, 1.807) is 0 Å². The maximum atomic E-state index is 13.7.